The molecule has 0 spiro atoms. The topological polar surface area (TPSA) is 37.9 Å². The van der Waals surface area contributed by atoms with E-state index >= 15 is 0 Å². The van der Waals surface area contributed by atoms with Crippen molar-refractivity contribution in [3.8, 4) is 5.88 Å². The lowest BCUT2D eigenvalue weighted by Crippen LogP contribution is -1.91. The van der Waals surface area contributed by atoms with Crippen LogP contribution in [0.15, 0.2) is 6.20 Å². The Kier molecular flexibility index (Phi) is 2.31. The minimum absolute atomic E-state index is 0.686. The minimum atomic E-state index is 0.686. The molecule has 0 aromatic carbocycles. The van der Waals surface area contributed by atoms with Crippen molar-refractivity contribution in [3.63, 3.8) is 0 Å². The number of hydrogen-bond donors (Lipinski definition) is 1. The summed E-state index contributed by atoms with van der Waals surface area (Å²) < 4.78 is 5.17. The van der Waals surface area contributed by atoms with Crippen LogP contribution in [-0.4, -0.2) is 16.6 Å². The zero-order chi connectivity index (χ0) is 7.40. The third kappa shape index (κ3) is 1.50. The van der Waals surface area contributed by atoms with Gasteiger partial charge in [-0.2, -0.15) is 0 Å². The molecule has 3 heteroatoms. The van der Waals surface area contributed by atoms with Gasteiger partial charge in [-0.3, -0.25) is 0 Å². The maximum atomic E-state index is 5.17. The van der Waals surface area contributed by atoms with Crippen LogP contribution in [0.1, 0.15) is 19.7 Å². The molecule has 10 heavy (non-hydrogen) atoms. The quantitative estimate of drug-likeness (QED) is 0.688. The zero-order valence-electron chi connectivity index (χ0n) is 6.35. The summed E-state index contributed by atoms with van der Waals surface area (Å²) >= 11 is 0. The van der Waals surface area contributed by atoms with E-state index in [1.807, 2.05) is 6.92 Å². The third-order valence-corrected chi connectivity index (χ3v) is 1.24. The number of imidazole rings is 1. The Morgan fingerprint density at radius 1 is 1.60 bits per heavy atom. The van der Waals surface area contributed by atoms with Crippen molar-refractivity contribution in [2.75, 3.05) is 6.61 Å². The van der Waals surface area contributed by atoms with E-state index < -0.39 is 0 Å². The first-order chi connectivity index (χ1) is 4.86. The van der Waals surface area contributed by atoms with Gasteiger partial charge in [-0.05, 0) is 6.92 Å². The molecule has 0 fully saturated rings. The largest absolute Gasteiger partial charge is 0.478 e. The lowest BCUT2D eigenvalue weighted by atomic mass is 10.5. The number of ether oxygens (including phenoxy) is 1. The Balaban J connectivity index is 2.59. The number of nitrogens with zero attached hydrogens (tertiary/aromatic N) is 1. The fourth-order valence-corrected chi connectivity index (χ4v) is 0.752. The van der Waals surface area contributed by atoms with Crippen molar-refractivity contribution in [2.45, 2.75) is 20.3 Å². The molecule has 3 nitrogen and oxygen atoms in total. The maximum absolute atomic E-state index is 5.17. The number of rotatable bonds is 3. The van der Waals surface area contributed by atoms with E-state index in [9.17, 15) is 0 Å². The van der Waals surface area contributed by atoms with Crippen molar-refractivity contribution < 1.29 is 4.74 Å². The SMILES string of the molecule is CCOc1cnc(CC)[nH]1. The predicted octanol–water partition coefficient (Wildman–Crippen LogP) is 1.37. The van der Waals surface area contributed by atoms with E-state index in [0.29, 0.717) is 6.61 Å². The molecular formula is C7H12N2O. The van der Waals surface area contributed by atoms with Crippen LogP contribution in [0.2, 0.25) is 0 Å². The van der Waals surface area contributed by atoms with Gasteiger partial charge < -0.3 is 9.72 Å². The Hall–Kier alpha value is -0.990. The minimum Gasteiger partial charge on any atom is -0.478 e. The van der Waals surface area contributed by atoms with Gasteiger partial charge in [0, 0.05) is 6.42 Å². The van der Waals surface area contributed by atoms with Gasteiger partial charge in [0.2, 0.25) is 5.88 Å². The Morgan fingerprint density at radius 3 is 2.90 bits per heavy atom. The van der Waals surface area contributed by atoms with Gasteiger partial charge in [0.1, 0.15) is 5.82 Å². The van der Waals surface area contributed by atoms with Gasteiger partial charge in [-0.15, -0.1) is 0 Å². The molecule has 0 radical (unpaired) electrons. The van der Waals surface area contributed by atoms with Crippen LogP contribution in [0.5, 0.6) is 5.88 Å². The Bertz CT molecular complexity index is 195. The van der Waals surface area contributed by atoms with Gasteiger partial charge >= 0.3 is 0 Å². The molecule has 0 aliphatic heterocycles. The van der Waals surface area contributed by atoms with Crippen LogP contribution in [0.3, 0.4) is 0 Å². The molecule has 0 saturated carbocycles. The second-order valence-corrected chi connectivity index (χ2v) is 1.98. The summed E-state index contributed by atoms with van der Waals surface area (Å²) in [6, 6.07) is 0. The lowest BCUT2D eigenvalue weighted by molar-refractivity contribution is 0.328. The third-order valence-electron chi connectivity index (χ3n) is 1.24. The molecule has 0 aliphatic carbocycles. The molecule has 0 atom stereocenters. The van der Waals surface area contributed by atoms with Crippen molar-refractivity contribution in [1.29, 1.82) is 0 Å². The number of aromatic amines is 1. The van der Waals surface area contributed by atoms with E-state index in [1.165, 1.54) is 0 Å². The highest BCUT2D eigenvalue weighted by Crippen LogP contribution is 2.05. The van der Waals surface area contributed by atoms with Crippen LogP contribution in [0, 0.1) is 0 Å². The summed E-state index contributed by atoms with van der Waals surface area (Å²) in [6.07, 6.45) is 2.63. The number of aryl methyl sites for hydroxylation is 1. The zero-order valence-corrected chi connectivity index (χ0v) is 6.35. The van der Waals surface area contributed by atoms with Crippen LogP contribution in [0.25, 0.3) is 0 Å². The van der Waals surface area contributed by atoms with Crippen LogP contribution >= 0.6 is 0 Å². The molecule has 0 aliphatic rings. The monoisotopic (exact) mass is 140 g/mol. The molecule has 0 bridgehead atoms. The summed E-state index contributed by atoms with van der Waals surface area (Å²) in [6.45, 7) is 4.69. The number of hydrogen-bond acceptors (Lipinski definition) is 2. The van der Waals surface area contributed by atoms with Crippen molar-refractivity contribution in [2.24, 2.45) is 0 Å². The second kappa shape index (κ2) is 3.25. The summed E-state index contributed by atoms with van der Waals surface area (Å²) in [5, 5.41) is 0. The first-order valence-corrected chi connectivity index (χ1v) is 3.53. The van der Waals surface area contributed by atoms with E-state index in [4.69, 9.17) is 4.74 Å². The Morgan fingerprint density at radius 2 is 2.40 bits per heavy atom. The van der Waals surface area contributed by atoms with Gasteiger partial charge in [0.15, 0.2) is 0 Å². The molecule has 1 N–H and O–H groups in total. The number of aromatic nitrogens is 2. The van der Waals surface area contributed by atoms with Crippen LogP contribution in [0.4, 0.5) is 0 Å². The van der Waals surface area contributed by atoms with E-state index in [2.05, 4.69) is 16.9 Å². The van der Waals surface area contributed by atoms with Gasteiger partial charge in [-0.1, -0.05) is 6.92 Å². The average molecular weight is 140 g/mol. The molecule has 56 valence electrons. The maximum Gasteiger partial charge on any atom is 0.211 e. The van der Waals surface area contributed by atoms with Gasteiger partial charge in [-0.25, -0.2) is 4.98 Å². The van der Waals surface area contributed by atoms with E-state index in [-0.39, 0.29) is 0 Å². The Labute approximate surface area is 60.4 Å². The molecule has 1 rings (SSSR count). The molecule has 1 heterocycles. The first-order valence-electron chi connectivity index (χ1n) is 3.53. The number of nitrogens with one attached hydrogen (secondary N) is 1. The molecule has 0 amide bonds. The van der Waals surface area contributed by atoms with Crippen LogP contribution in [-0.2, 0) is 6.42 Å². The molecular weight excluding hydrogens is 128 g/mol. The van der Waals surface area contributed by atoms with Gasteiger partial charge in [0.05, 0.1) is 12.8 Å². The molecule has 0 unspecified atom stereocenters. The molecule has 1 aromatic heterocycles. The fraction of sp³-hybridized carbons (Fsp3) is 0.571. The van der Waals surface area contributed by atoms with Crippen molar-refractivity contribution in [3.05, 3.63) is 12.0 Å². The highest BCUT2D eigenvalue weighted by molar-refractivity contribution is 5.06. The van der Waals surface area contributed by atoms with Crippen LogP contribution < -0.4 is 4.74 Å². The van der Waals surface area contributed by atoms with Crippen molar-refractivity contribution >= 4 is 0 Å². The fourth-order valence-electron chi connectivity index (χ4n) is 0.752. The van der Waals surface area contributed by atoms with Crippen molar-refractivity contribution in [1.82, 2.24) is 9.97 Å². The van der Waals surface area contributed by atoms with E-state index in [1.54, 1.807) is 6.20 Å². The summed E-state index contributed by atoms with van der Waals surface area (Å²) in [4.78, 5) is 7.10. The smallest absolute Gasteiger partial charge is 0.211 e. The standard InChI is InChI=1S/C7H12N2O/c1-3-6-8-5-7(9-6)10-4-2/h5H,3-4H2,1-2H3,(H,8,9). The van der Waals surface area contributed by atoms with E-state index in [0.717, 1.165) is 18.1 Å². The highest BCUT2D eigenvalue weighted by Gasteiger charge is 1.95. The summed E-state index contributed by atoms with van der Waals surface area (Å²) in [5.74, 6) is 1.74. The summed E-state index contributed by atoms with van der Waals surface area (Å²) in [7, 11) is 0. The predicted molar refractivity (Wildman–Crippen MR) is 39.1 cm³/mol. The molecule has 0 saturated heterocycles. The highest BCUT2D eigenvalue weighted by atomic mass is 16.5. The second-order valence-electron chi connectivity index (χ2n) is 1.98. The number of H-pyrrole nitrogens is 1. The average Bonchev–Trinajstić information content (AvgIpc) is 2.37. The summed E-state index contributed by atoms with van der Waals surface area (Å²) in [5.41, 5.74) is 0. The normalized spacial score (nSPS) is 9.80. The molecule has 1 aromatic rings. The lowest BCUT2D eigenvalue weighted by Gasteiger charge is -1.94. The van der Waals surface area contributed by atoms with Gasteiger partial charge in [0.25, 0.3) is 0 Å². The first kappa shape index (κ1) is 7.12.